The normalized spacial score (nSPS) is 11.5. The van der Waals surface area contributed by atoms with Gasteiger partial charge in [-0.3, -0.25) is 0 Å². The van der Waals surface area contributed by atoms with Crippen molar-refractivity contribution in [3.63, 3.8) is 0 Å². The topological polar surface area (TPSA) is 12.0 Å². The molecule has 0 rings (SSSR count). The van der Waals surface area contributed by atoms with E-state index in [1.165, 1.54) is 205 Å². The summed E-state index contributed by atoms with van der Waals surface area (Å²) in [6, 6.07) is 0. The first-order chi connectivity index (χ1) is 21.1. The zero-order valence-corrected chi connectivity index (χ0v) is 31.5. The van der Waals surface area contributed by atoms with Crippen LogP contribution in [0.5, 0.6) is 0 Å². The van der Waals surface area contributed by atoms with E-state index >= 15 is 0 Å². The monoisotopic (exact) mass is 626 g/mol. The van der Waals surface area contributed by atoms with Crippen LogP contribution in [0.1, 0.15) is 232 Å². The number of alkyl halides is 1. The van der Waals surface area contributed by atoms with Crippen molar-refractivity contribution in [2.45, 2.75) is 237 Å². The Balaban J connectivity index is 0. The van der Waals surface area contributed by atoms with Gasteiger partial charge in [0.05, 0.1) is 4.87 Å². The molecule has 2 heteroatoms. The Labute approximate surface area is 280 Å². The van der Waals surface area contributed by atoms with E-state index in [0.29, 0.717) is 0 Å². The van der Waals surface area contributed by atoms with Gasteiger partial charge in [-0.2, -0.15) is 0 Å². The van der Waals surface area contributed by atoms with Crippen LogP contribution in [0.2, 0.25) is 0 Å². The minimum Gasteiger partial charge on any atom is -0.323 e. The van der Waals surface area contributed by atoms with Crippen LogP contribution < -0.4 is 5.32 Å². The van der Waals surface area contributed by atoms with E-state index in [0.717, 1.165) is 12.8 Å². The average molecular weight is 627 g/mol. The van der Waals surface area contributed by atoms with Crippen molar-refractivity contribution in [2.24, 2.45) is 0 Å². The summed E-state index contributed by atoms with van der Waals surface area (Å²) >= 11 is 6.94. The standard InChI is InChI=1S/C39H77Cl.C2H7N/c1-4-7-9-11-13-15-17-19-21-23-25-27-29-31-33-35-37-39(40,6-3)38-36-34-32-30-28-26-24-22-20-18-16-14-12-10-8-5-2;1-3-2/h6H,3-5,7-38H2,1-2H3;3H,1-2H3. The summed E-state index contributed by atoms with van der Waals surface area (Å²) < 4.78 is 0. The molecular formula is C41H84ClN. The molecule has 0 aliphatic carbocycles. The Morgan fingerprint density at radius 3 is 0.721 bits per heavy atom. The van der Waals surface area contributed by atoms with E-state index < -0.39 is 0 Å². The Kier molecular flexibility index (Phi) is 42.0. The molecule has 0 fully saturated rings. The highest BCUT2D eigenvalue weighted by molar-refractivity contribution is 6.25. The molecule has 0 aromatic heterocycles. The van der Waals surface area contributed by atoms with Gasteiger partial charge in [0.25, 0.3) is 0 Å². The fourth-order valence-corrected chi connectivity index (χ4v) is 6.53. The van der Waals surface area contributed by atoms with Gasteiger partial charge in [-0.05, 0) is 26.9 Å². The first-order valence-electron chi connectivity index (χ1n) is 20.0. The van der Waals surface area contributed by atoms with Crippen molar-refractivity contribution >= 4 is 11.6 Å². The molecule has 0 heterocycles. The summed E-state index contributed by atoms with van der Waals surface area (Å²) in [5, 5.41) is 2.75. The first kappa shape index (κ1) is 45.1. The van der Waals surface area contributed by atoms with E-state index in [2.05, 4.69) is 25.7 Å². The van der Waals surface area contributed by atoms with Crippen molar-refractivity contribution in [1.82, 2.24) is 5.32 Å². The van der Waals surface area contributed by atoms with Gasteiger partial charge < -0.3 is 5.32 Å². The SMILES string of the molecule is C=CC(Cl)(CCCCCCCCCCCCCCCCCC)CCCCCCCCCCCCCCCCCC.CNC. The van der Waals surface area contributed by atoms with E-state index in [9.17, 15) is 0 Å². The first-order valence-corrected chi connectivity index (χ1v) is 20.4. The van der Waals surface area contributed by atoms with Gasteiger partial charge in [-0.25, -0.2) is 0 Å². The Bertz CT molecular complexity index is 454. The van der Waals surface area contributed by atoms with Gasteiger partial charge in [0.1, 0.15) is 0 Å². The van der Waals surface area contributed by atoms with Crippen LogP contribution in [0.25, 0.3) is 0 Å². The molecule has 0 bridgehead atoms. The maximum Gasteiger partial charge on any atom is 0.0623 e. The molecule has 43 heavy (non-hydrogen) atoms. The van der Waals surface area contributed by atoms with E-state index in [1.807, 2.05) is 20.2 Å². The molecule has 0 unspecified atom stereocenters. The highest BCUT2D eigenvalue weighted by Gasteiger charge is 2.21. The molecule has 0 aromatic rings. The molecule has 260 valence electrons. The van der Waals surface area contributed by atoms with Crippen LogP contribution in [-0.4, -0.2) is 19.0 Å². The Hall–Kier alpha value is -0.0100. The molecule has 0 aliphatic rings. The lowest BCUT2D eigenvalue weighted by Crippen LogP contribution is -2.17. The highest BCUT2D eigenvalue weighted by atomic mass is 35.5. The largest absolute Gasteiger partial charge is 0.323 e. The molecule has 0 saturated heterocycles. The second-order valence-electron chi connectivity index (χ2n) is 13.8. The fraction of sp³-hybridized carbons (Fsp3) is 0.951. The number of hydrogen-bond donors (Lipinski definition) is 1. The zero-order valence-electron chi connectivity index (χ0n) is 30.7. The molecule has 0 radical (unpaired) electrons. The molecule has 1 N–H and O–H groups in total. The zero-order chi connectivity index (χ0) is 32.0. The van der Waals surface area contributed by atoms with Gasteiger partial charge in [0, 0.05) is 0 Å². The van der Waals surface area contributed by atoms with Crippen molar-refractivity contribution in [1.29, 1.82) is 0 Å². The predicted octanol–water partition coefficient (Wildman–Crippen LogP) is 15.3. The number of hydrogen-bond acceptors (Lipinski definition) is 1. The summed E-state index contributed by atoms with van der Waals surface area (Å²) in [5.41, 5.74) is 0. The van der Waals surface area contributed by atoms with Crippen LogP contribution in [0.4, 0.5) is 0 Å². The number of unbranched alkanes of at least 4 members (excludes halogenated alkanes) is 30. The van der Waals surface area contributed by atoms with E-state index in [1.54, 1.807) is 0 Å². The minimum atomic E-state index is -0.147. The molecule has 0 aromatic carbocycles. The lowest BCUT2D eigenvalue weighted by atomic mass is 9.93. The summed E-state index contributed by atoms with van der Waals surface area (Å²) in [6.07, 6.45) is 49.9. The van der Waals surface area contributed by atoms with E-state index in [-0.39, 0.29) is 4.87 Å². The third-order valence-corrected chi connectivity index (χ3v) is 9.79. The van der Waals surface area contributed by atoms with Gasteiger partial charge in [0.15, 0.2) is 0 Å². The van der Waals surface area contributed by atoms with Gasteiger partial charge in [-0.1, -0.05) is 225 Å². The van der Waals surface area contributed by atoms with Gasteiger partial charge in [0.2, 0.25) is 0 Å². The van der Waals surface area contributed by atoms with Crippen LogP contribution in [0.15, 0.2) is 12.7 Å². The van der Waals surface area contributed by atoms with Gasteiger partial charge >= 0.3 is 0 Å². The molecule has 0 atom stereocenters. The minimum absolute atomic E-state index is 0.147. The summed E-state index contributed by atoms with van der Waals surface area (Å²) in [5.74, 6) is 0. The van der Waals surface area contributed by atoms with Crippen LogP contribution in [0.3, 0.4) is 0 Å². The maximum absolute atomic E-state index is 6.94. The van der Waals surface area contributed by atoms with Gasteiger partial charge in [-0.15, -0.1) is 18.2 Å². The average Bonchev–Trinajstić information content (AvgIpc) is 3.01. The number of halogens is 1. The lowest BCUT2D eigenvalue weighted by Gasteiger charge is -2.23. The fourth-order valence-electron chi connectivity index (χ4n) is 6.26. The quantitative estimate of drug-likeness (QED) is 0.0419. The predicted molar refractivity (Wildman–Crippen MR) is 202 cm³/mol. The summed E-state index contributed by atoms with van der Waals surface area (Å²) in [7, 11) is 3.75. The van der Waals surface area contributed by atoms with Crippen molar-refractivity contribution in [3.05, 3.63) is 12.7 Å². The molecule has 0 spiro atoms. The van der Waals surface area contributed by atoms with Crippen LogP contribution in [0, 0.1) is 0 Å². The summed E-state index contributed by atoms with van der Waals surface area (Å²) in [6.45, 7) is 8.69. The lowest BCUT2D eigenvalue weighted by molar-refractivity contribution is 0.481. The van der Waals surface area contributed by atoms with Crippen LogP contribution in [-0.2, 0) is 0 Å². The molecule has 1 nitrogen and oxygen atoms in total. The van der Waals surface area contributed by atoms with E-state index in [4.69, 9.17) is 11.6 Å². The second-order valence-corrected chi connectivity index (χ2v) is 14.6. The third-order valence-electron chi connectivity index (χ3n) is 9.26. The third kappa shape index (κ3) is 40.0. The molecule has 0 saturated carbocycles. The molecular weight excluding hydrogens is 542 g/mol. The van der Waals surface area contributed by atoms with Crippen molar-refractivity contribution < 1.29 is 0 Å². The molecule has 0 amide bonds. The summed E-state index contributed by atoms with van der Waals surface area (Å²) in [4.78, 5) is -0.147. The van der Waals surface area contributed by atoms with Crippen molar-refractivity contribution in [2.75, 3.05) is 14.1 Å². The molecule has 0 aliphatic heterocycles. The second kappa shape index (κ2) is 40.0. The smallest absolute Gasteiger partial charge is 0.0623 e. The Morgan fingerprint density at radius 1 is 0.395 bits per heavy atom. The highest BCUT2D eigenvalue weighted by Crippen LogP contribution is 2.31. The number of allylic oxidation sites excluding steroid dienone is 1. The van der Waals surface area contributed by atoms with Crippen molar-refractivity contribution in [3.8, 4) is 0 Å². The maximum atomic E-state index is 6.94. The number of rotatable bonds is 35. The number of nitrogens with one attached hydrogen (secondary N) is 1. The van der Waals surface area contributed by atoms with Crippen LogP contribution >= 0.6 is 11.6 Å². The Morgan fingerprint density at radius 2 is 0.558 bits per heavy atom.